The molecule has 0 saturated carbocycles. The quantitative estimate of drug-likeness (QED) is 0.926. The van der Waals surface area contributed by atoms with Crippen LogP contribution in [-0.2, 0) is 0 Å². The molecule has 0 bridgehead atoms. The zero-order chi connectivity index (χ0) is 12.3. The molecule has 96 valence electrons. The minimum Gasteiger partial charge on any atom is -0.478 e. The molecule has 1 N–H and O–H groups in total. The molecule has 18 heavy (non-hydrogen) atoms. The Bertz CT molecular complexity index is 497. The Balaban J connectivity index is 0.00000162. The van der Waals surface area contributed by atoms with E-state index >= 15 is 0 Å². The van der Waals surface area contributed by atoms with Crippen molar-refractivity contribution in [3.05, 3.63) is 48.5 Å². The number of aromatic carboxylic acids is 1. The van der Waals surface area contributed by atoms with Crippen LogP contribution in [0.25, 0.3) is 0 Å². The van der Waals surface area contributed by atoms with Crippen LogP contribution in [0.15, 0.2) is 43.0 Å². The molecule has 1 aromatic heterocycles. The Kier molecular flexibility index (Phi) is 4.74. The largest absolute Gasteiger partial charge is 0.478 e. The summed E-state index contributed by atoms with van der Waals surface area (Å²) in [5.41, 5.74) is 0.243. The van der Waals surface area contributed by atoms with Gasteiger partial charge in [0.1, 0.15) is 5.75 Å². The molecule has 6 heteroatoms. The molecule has 0 amide bonds. The zero-order valence-corrected chi connectivity index (χ0v) is 10.5. The van der Waals surface area contributed by atoms with E-state index in [0.717, 1.165) is 0 Å². The van der Waals surface area contributed by atoms with Crippen molar-refractivity contribution in [3.8, 4) is 5.75 Å². The predicted octanol–water partition coefficient (Wildman–Crippen LogP) is 2.60. The molecule has 0 aliphatic rings. The van der Waals surface area contributed by atoms with Crippen LogP contribution in [0.2, 0.25) is 0 Å². The first-order valence-electron chi connectivity index (χ1n) is 5.14. The Hall–Kier alpha value is -2.01. The normalized spacial score (nSPS) is 11.4. The van der Waals surface area contributed by atoms with E-state index in [1.165, 1.54) is 12.1 Å². The molecule has 1 aromatic carbocycles. The fraction of sp³-hybridized carbons (Fsp3) is 0.167. The molecule has 0 spiro atoms. The number of halogens is 1. The lowest BCUT2D eigenvalue weighted by Gasteiger charge is -2.15. The second-order valence-corrected chi connectivity index (χ2v) is 3.56. The van der Waals surface area contributed by atoms with Crippen molar-refractivity contribution in [1.29, 1.82) is 0 Å². The van der Waals surface area contributed by atoms with Crippen molar-refractivity contribution in [2.75, 3.05) is 0 Å². The SMILES string of the molecule is CC(Oc1ccc(C(=O)O)cc1)n1ccnc1.Cl. The van der Waals surface area contributed by atoms with E-state index in [1.807, 2.05) is 11.5 Å². The van der Waals surface area contributed by atoms with E-state index in [0.29, 0.717) is 5.75 Å². The number of ether oxygens (including phenoxy) is 1. The summed E-state index contributed by atoms with van der Waals surface area (Å²) in [5, 5.41) is 8.75. The summed E-state index contributed by atoms with van der Waals surface area (Å²) in [5.74, 6) is -0.324. The number of benzene rings is 1. The number of rotatable bonds is 4. The van der Waals surface area contributed by atoms with E-state index in [2.05, 4.69) is 4.98 Å². The van der Waals surface area contributed by atoms with Crippen LogP contribution < -0.4 is 4.74 Å². The van der Waals surface area contributed by atoms with Crippen molar-refractivity contribution in [1.82, 2.24) is 9.55 Å². The number of carboxylic acids is 1. The van der Waals surface area contributed by atoms with Gasteiger partial charge in [-0.15, -0.1) is 12.4 Å². The van der Waals surface area contributed by atoms with Gasteiger partial charge in [-0.25, -0.2) is 9.78 Å². The fourth-order valence-corrected chi connectivity index (χ4v) is 1.42. The molecule has 5 nitrogen and oxygen atoms in total. The van der Waals surface area contributed by atoms with Crippen LogP contribution >= 0.6 is 12.4 Å². The maximum atomic E-state index is 10.7. The highest BCUT2D eigenvalue weighted by Gasteiger charge is 2.06. The van der Waals surface area contributed by atoms with Gasteiger partial charge in [-0.3, -0.25) is 0 Å². The number of carbonyl (C=O) groups is 1. The molecule has 2 aromatic rings. The van der Waals surface area contributed by atoms with Crippen LogP contribution in [0, 0.1) is 0 Å². The first-order valence-corrected chi connectivity index (χ1v) is 5.14. The fourth-order valence-electron chi connectivity index (χ4n) is 1.42. The molecule has 0 fully saturated rings. The van der Waals surface area contributed by atoms with Gasteiger partial charge in [0, 0.05) is 12.4 Å². The van der Waals surface area contributed by atoms with E-state index in [-0.39, 0.29) is 24.2 Å². The monoisotopic (exact) mass is 268 g/mol. The van der Waals surface area contributed by atoms with Gasteiger partial charge in [0.25, 0.3) is 0 Å². The standard InChI is InChI=1S/C12H12N2O3.ClH/c1-9(14-7-6-13-8-14)17-11-4-2-10(3-5-11)12(15)16;/h2-9H,1H3,(H,15,16);1H. The highest BCUT2D eigenvalue weighted by atomic mass is 35.5. The average Bonchev–Trinajstić information content (AvgIpc) is 2.83. The van der Waals surface area contributed by atoms with Gasteiger partial charge in [-0.05, 0) is 31.2 Å². The van der Waals surface area contributed by atoms with Crippen molar-refractivity contribution >= 4 is 18.4 Å². The van der Waals surface area contributed by atoms with Gasteiger partial charge in [0.2, 0.25) is 0 Å². The van der Waals surface area contributed by atoms with Crippen LogP contribution in [0.5, 0.6) is 5.75 Å². The molecule has 0 aliphatic heterocycles. The highest BCUT2D eigenvalue weighted by Crippen LogP contribution is 2.17. The smallest absolute Gasteiger partial charge is 0.335 e. The lowest BCUT2D eigenvalue weighted by atomic mass is 10.2. The number of imidazole rings is 1. The van der Waals surface area contributed by atoms with E-state index in [4.69, 9.17) is 9.84 Å². The third kappa shape index (κ3) is 3.24. The number of aromatic nitrogens is 2. The number of nitrogens with zero attached hydrogens (tertiary/aromatic N) is 2. The van der Waals surface area contributed by atoms with E-state index in [9.17, 15) is 4.79 Å². The number of hydrogen-bond acceptors (Lipinski definition) is 3. The van der Waals surface area contributed by atoms with Gasteiger partial charge in [0.15, 0.2) is 6.23 Å². The van der Waals surface area contributed by atoms with E-state index in [1.54, 1.807) is 30.9 Å². The summed E-state index contributed by atoms with van der Waals surface area (Å²) in [6.07, 6.45) is 4.95. The Morgan fingerprint density at radius 3 is 2.56 bits per heavy atom. The lowest BCUT2D eigenvalue weighted by Crippen LogP contribution is -2.10. The first-order chi connectivity index (χ1) is 8.16. The van der Waals surface area contributed by atoms with Gasteiger partial charge < -0.3 is 14.4 Å². The summed E-state index contributed by atoms with van der Waals surface area (Å²) < 4.78 is 7.43. The topological polar surface area (TPSA) is 64.3 Å². The Labute approximate surface area is 110 Å². The summed E-state index contributed by atoms with van der Waals surface area (Å²) in [6.45, 7) is 1.88. The lowest BCUT2D eigenvalue weighted by molar-refractivity contribution is 0.0697. The van der Waals surface area contributed by atoms with Crippen molar-refractivity contribution in [2.24, 2.45) is 0 Å². The van der Waals surface area contributed by atoms with Crippen LogP contribution in [0.1, 0.15) is 23.5 Å². The number of hydrogen-bond donors (Lipinski definition) is 1. The molecule has 0 radical (unpaired) electrons. The highest BCUT2D eigenvalue weighted by molar-refractivity contribution is 5.87. The minimum atomic E-state index is -0.945. The molecule has 0 saturated heterocycles. The summed E-state index contributed by atoms with van der Waals surface area (Å²) in [4.78, 5) is 14.6. The zero-order valence-electron chi connectivity index (χ0n) is 9.69. The van der Waals surface area contributed by atoms with Gasteiger partial charge in [-0.1, -0.05) is 0 Å². The predicted molar refractivity (Wildman–Crippen MR) is 68.2 cm³/mol. The van der Waals surface area contributed by atoms with Gasteiger partial charge >= 0.3 is 5.97 Å². The second kappa shape index (κ2) is 6.07. The third-order valence-electron chi connectivity index (χ3n) is 2.35. The van der Waals surface area contributed by atoms with Crippen LogP contribution in [-0.4, -0.2) is 20.6 Å². The summed E-state index contributed by atoms with van der Waals surface area (Å²) >= 11 is 0. The number of carboxylic acid groups (broad SMARTS) is 1. The second-order valence-electron chi connectivity index (χ2n) is 3.56. The van der Waals surface area contributed by atoms with Crippen LogP contribution in [0.3, 0.4) is 0 Å². The van der Waals surface area contributed by atoms with E-state index < -0.39 is 5.97 Å². The van der Waals surface area contributed by atoms with Crippen LogP contribution in [0.4, 0.5) is 0 Å². The maximum absolute atomic E-state index is 10.7. The van der Waals surface area contributed by atoms with Gasteiger partial charge in [-0.2, -0.15) is 0 Å². The molecule has 2 rings (SSSR count). The molecule has 1 unspecified atom stereocenters. The molecule has 1 atom stereocenters. The molecule has 0 aliphatic carbocycles. The van der Waals surface area contributed by atoms with Crippen molar-refractivity contribution in [2.45, 2.75) is 13.2 Å². The minimum absolute atomic E-state index is 0. The molecular formula is C12H13ClN2O3. The maximum Gasteiger partial charge on any atom is 0.335 e. The molecule has 1 heterocycles. The van der Waals surface area contributed by atoms with Gasteiger partial charge in [0.05, 0.1) is 11.9 Å². The average molecular weight is 269 g/mol. The van der Waals surface area contributed by atoms with Crippen molar-refractivity contribution in [3.63, 3.8) is 0 Å². The Morgan fingerprint density at radius 2 is 2.06 bits per heavy atom. The summed E-state index contributed by atoms with van der Waals surface area (Å²) in [6, 6.07) is 6.30. The van der Waals surface area contributed by atoms with Crippen molar-refractivity contribution < 1.29 is 14.6 Å². The molecular weight excluding hydrogens is 256 g/mol. The Morgan fingerprint density at radius 1 is 1.39 bits per heavy atom. The third-order valence-corrected chi connectivity index (χ3v) is 2.35. The first kappa shape index (κ1) is 14.1. The summed E-state index contributed by atoms with van der Waals surface area (Å²) in [7, 11) is 0.